The molecule has 1 rings (SSSR count). The Kier molecular flexibility index (Phi) is 5.63. The highest BCUT2D eigenvalue weighted by Gasteiger charge is 2.16. The van der Waals surface area contributed by atoms with Crippen molar-refractivity contribution in [3.05, 3.63) is 47.5 Å². The highest BCUT2D eigenvalue weighted by atomic mass is 16.1. The van der Waals surface area contributed by atoms with Crippen LogP contribution in [0.2, 0.25) is 0 Å². The van der Waals surface area contributed by atoms with Crippen molar-refractivity contribution in [3.8, 4) is 0 Å². The van der Waals surface area contributed by atoms with Gasteiger partial charge in [-0.05, 0) is 36.5 Å². The molecule has 1 aromatic carbocycles. The first kappa shape index (κ1) is 14.5. The molecule has 0 saturated heterocycles. The summed E-state index contributed by atoms with van der Waals surface area (Å²) in [4.78, 5) is 11.7. The van der Waals surface area contributed by atoms with E-state index in [2.05, 4.69) is 50.4 Å². The summed E-state index contributed by atoms with van der Waals surface area (Å²) in [5.41, 5.74) is 2.49. The van der Waals surface area contributed by atoms with E-state index in [0.29, 0.717) is 5.92 Å². The van der Waals surface area contributed by atoms with Crippen molar-refractivity contribution in [1.29, 1.82) is 0 Å². The van der Waals surface area contributed by atoms with E-state index in [1.807, 2.05) is 6.92 Å². The van der Waals surface area contributed by atoms with Gasteiger partial charge in [-0.2, -0.15) is 0 Å². The van der Waals surface area contributed by atoms with Crippen LogP contribution in [0.5, 0.6) is 0 Å². The lowest BCUT2D eigenvalue weighted by atomic mass is 9.95. The molecule has 1 atom stereocenters. The SMILES string of the molecule is CC=CC(=O)NC(c1ccc(CC)cc1)C(C)C. The number of hydrogen-bond acceptors (Lipinski definition) is 1. The van der Waals surface area contributed by atoms with Crippen LogP contribution in [0, 0.1) is 5.92 Å². The molecule has 98 valence electrons. The molecule has 0 saturated carbocycles. The minimum Gasteiger partial charge on any atom is -0.346 e. The van der Waals surface area contributed by atoms with Gasteiger partial charge in [-0.1, -0.05) is 51.1 Å². The predicted molar refractivity (Wildman–Crippen MR) is 76.4 cm³/mol. The summed E-state index contributed by atoms with van der Waals surface area (Å²) in [6.07, 6.45) is 4.36. The first-order chi connectivity index (χ1) is 8.58. The Hall–Kier alpha value is -1.57. The standard InChI is InChI=1S/C16H23NO/c1-5-7-15(18)17-16(12(3)4)14-10-8-13(6-2)9-11-14/h5,7-12,16H,6H2,1-4H3,(H,17,18). The van der Waals surface area contributed by atoms with Crippen molar-refractivity contribution in [2.24, 2.45) is 5.92 Å². The lowest BCUT2D eigenvalue weighted by Crippen LogP contribution is -2.30. The summed E-state index contributed by atoms with van der Waals surface area (Å²) in [5, 5.41) is 3.05. The fourth-order valence-corrected chi connectivity index (χ4v) is 1.95. The Balaban J connectivity index is 2.86. The molecule has 0 aliphatic carbocycles. The zero-order valence-corrected chi connectivity index (χ0v) is 11.7. The number of amides is 1. The topological polar surface area (TPSA) is 29.1 Å². The molecule has 0 spiro atoms. The number of rotatable bonds is 5. The third-order valence-electron chi connectivity index (χ3n) is 3.03. The summed E-state index contributed by atoms with van der Waals surface area (Å²) >= 11 is 0. The molecule has 1 N–H and O–H groups in total. The predicted octanol–water partition coefficient (Wildman–Crippen LogP) is 3.64. The molecule has 0 radical (unpaired) electrons. The maximum Gasteiger partial charge on any atom is 0.244 e. The van der Waals surface area contributed by atoms with Gasteiger partial charge in [-0.15, -0.1) is 0 Å². The maximum atomic E-state index is 11.7. The van der Waals surface area contributed by atoms with Gasteiger partial charge >= 0.3 is 0 Å². The summed E-state index contributed by atoms with van der Waals surface area (Å²) in [6.45, 7) is 8.23. The quantitative estimate of drug-likeness (QED) is 0.788. The van der Waals surface area contributed by atoms with Crippen LogP contribution in [0.15, 0.2) is 36.4 Å². The summed E-state index contributed by atoms with van der Waals surface area (Å²) in [5.74, 6) is 0.336. The Morgan fingerprint density at radius 3 is 2.33 bits per heavy atom. The van der Waals surface area contributed by atoms with Gasteiger partial charge in [0.15, 0.2) is 0 Å². The highest BCUT2D eigenvalue weighted by Crippen LogP contribution is 2.22. The van der Waals surface area contributed by atoms with E-state index in [0.717, 1.165) is 6.42 Å². The van der Waals surface area contributed by atoms with Crippen molar-refractivity contribution in [2.45, 2.75) is 40.2 Å². The molecule has 0 bridgehead atoms. The molecule has 18 heavy (non-hydrogen) atoms. The van der Waals surface area contributed by atoms with Gasteiger partial charge in [-0.3, -0.25) is 4.79 Å². The van der Waals surface area contributed by atoms with Gasteiger partial charge < -0.3 is 5.32 Å². The molecule has 0 aliphatic heterocycles. The third-order valence-corrected chi connectivity index (χ3v) is 3.03. The Bertz CT molecular complexity index is 404. The van der Waals surface area contributed by atoms with E-state index in [9.17, 15) is 4.79 Å². The van der Waals surface area contributed by atoms with Crippen LogP contribution in [0.3, 0.4) is 0 Å². The highest BCUT2D eigenvalue weighted by molar-refractivity contribution is 5.87. The van der Waals surface area contributed by atoms with Crippen molar-refractivity contribution < 1.29 is 4.79 Å². The fourth-order valence-electron chi connectivity index (χ4n) is 1.95. The van der Waals surface area contributed by atoms with Gasteiger partial charge in [-0.25, -0.2) is 0 Å². The summed E-state index contributed by atoms with van der Waals surface area (Å²) in [7, 11) is 0. The molecule has 0 aromatic heterocycles. The largest absolute Gasteiger partial charge is 0.346 e. The maximum absolute atomic E-state index is 11.7. The van der Waals surface area contributed by atoms with Gasteiger partial charge in [0.1, 0.15) is 0 Å². The molecular weight excluding hydrogens is 222 g/mol. The second kappa shape index (κ2) is 7.00. The second-order valence-electron chi connectivity index (χ2n) is 4.83. The third kappa shape index (κ3) is 4.02. The number of carbonyl (C=O) groups is 1. The Morgan fingerprint density at radius 1 is 1.28 bits per heavy atom. The Morgan fingerprint density at radius 2 is 1.89 bits per heavy atom. The molecule has 0 fully saturated rings. The number of aryl methyl sites for hydroxylation is 1. The first-order valence-electron chi connectivity index (χ1n) is 6.60. The van der Waals surface area contributed by atoms with E-state index >= 15 is 0 Å². The summed E-state index contributed by atoms with van der Waals surface area (Å²) in [6, 6.07) is 8.55. The lowest BCUT2D eigenvalue weighted by Gasteiger charge is -2.22. The molecular formula is C16H23NO. The number of allylic oxidation sites excluding steroid dienone is 1. The van der Waals surface area contributed by atoms with Gasteiger partial charge in [0.05, 0.1) is 6.04 Å². The molecule has 1 aromatic rings. The number of hydrogen-bond donors (Lipinski definition) is 1. The second-order valence-corrected chi connectivity index (χ2v) is 4.83. The normalized spacial score (nSPS) is 12.9. The molecule has 2 nitrogen and oxygen atoms in total. The van der Waals surface area contributed by atoms with Gasteiger partial charge in [0.25, 0.3) is 0 Å². The van der Waals surface area contributed by atoms with Crippen molar-refractivity contribution in [3.63, 3.8) is 0 Å². The number of carbonyl (C=O) groups excluding carboxylic acids is 1. The Labute approximate surface area is 110 Å². The van der Waals surface area contributed by atoms with E-state index < -0.39 is 0 Å². The van der Waals surface area contributed by atoms with Crippen molar-refractivity contribution in [1.82, 2.24) is 5.32 Å². The van der Waals surface area contributed by atoms with Crippen LogP contribution < -0.4 is 5.32 Å². The first-order valence-corrected chi connectivity index (χ1v) is 6.60. The van der Waals surface area contributed by atoms with Crippen LogP contribution in [0.1, 0.15) is 44.9 Å². The van der Waals surface area contributed by atoms with E-state index in [1.165, 1.54) is 11.1 Å². The number of nitrogens with one attached hydrogen (secondary N) is 1. The minimum absolute atomic E-state index is 0.0317. The minimum atomic E-state index is -0.0317. The smallest absolute Gasteiger partial charge is 0.244 e. The summed E-state index contributed by atoms with van der Waals surface area (Å²) < 4.78 is 0. The molecule has 1 amide bonds. The van der Waals surface area contributed by atoms with E-state index in [1.54, 1.807) is 12.2 Å². The van der Waals surface area contributed by atoms with Crippen molar-refractivity contribution >= 4 is 5.91 Å². The van der Waals surface area contributed by atoms with E-state index in [-0.39, 0.29) is 11.9 Å². The van der Waals surface area contributed by atoms with Crippen molar-refractivity contribution in [2.75, 3.05) is 0 Å². The number of benzene rings is 1. The zero-order chi connectivity index (χ0) is 13.5. The van der Waals surface area contributed by atoms with Gasteiger partial charge in [0.2, 0.25) is 5.91 Å². The van der Waals surface area contributed by atoms with E-state index in [4.69, 9.17) is 0 Å². The van der Waals surface area contributed by atoms with Crippen LogP contribution in [-0.4, -0.2) is 5.91 Å². The lowest BCUT2D eigenvalue weighted by molar-refractivity contribution is -0.117. The van der Waals surface area contributed by atoms with Crippen LogP contribution >= 0.6 is 0 Å². The van der Waals surface area contributed by atoms with Crippen LogP contribution in [-0.2, 0) is 11.2 Å². The molecule has 0 heterocycles. The van der Waals surface area contributed by atoms with Crippen LogP contribution in [0.4, 0.5) is 0 Å². The average molecular weight is 245 g/mol. The van der Waals surface area contributed by atoms with Crippen LogP contribution in [0.25, 0.3) is 0 Å². The molecule has 2 heteroatoms. The molecule has 1 unspecified atom stereocenters. The monoisotopic (exact) mass is 245 g/mol. The average Bonchev–Trinajstić information content (AvgIpc) is 2.36. The molecule has 0 aliphatic rings. The fraction of sp³-hybridized carbons (Fsp3) is 0.438. The zero-order valence-electron chi connectivity index (χ0n) is 11.7. The van der Waals surface area contributed by atoms with Gasteiger partial charge in [0, 0.05) is 0 Å².